The van der Waals surface area contributed by atoms with Crippen LogP contribution in [0.5, 0.6) is 0 Å². The molecule has 0 fully saturated rings. The average Bonchev–Trinajstić information content (AvgIpc) is 3.85. The maximum absolute atomic E-state index is 14.1. The fraction of sp³-hybridized carbons (Fsp3) is 0.354. The number of likely N-dealkylation sites (N-methyl/N-ethyl adjacent to an activating group) is 1. The lowest BCUT2D eigenvalue weighted by atomic mass is 9.98. The summed E-state index contributed by atoms with van der Waals surface area (Å²) in [7, 11) is 1.62. The highest BCUT2D eigenvalue weighted by molar-refractivity contribution is 5.95. The van der Waals surface area contributed by atoms with Crippen molar-refractivity contribution in [3.8, 4) is 11.1 Å². The number of H-pyrrole nitrogens is 1. The molecule has 4 atom stereocenters. The van der Waals surface area contributed by atoms with Crippen LogP contribution in [0.15, 0.2) is 104 Å². The Kier molecular flexibility index (Phi) is 17.8. The average molecular weight is 889 g/mol. The van der Waals surface area contributed by atoms with E-state index in [1.54, 1.807) is 19.3 Å². The number of benzene rings is 3. The molecule has 1 heterocycles. The molecule has 1 aliphatic rings. The largest absolute Gasteiger partial charge is 0.449 e. The van der Waals surface area contributed by atoms with Gasteiger partial charge in [-0.15, -0.1) is 13.2 Å². The Morgan fingerprint density at radius 3 is 2.06 bits per heavy atom. The molecule has 1 aromatic heterocycles. The maximum Gasteiger partial charge on any atom is 0.407 e. The first-order valence-corrected chi connectivity index (χ1v) is 21.7. The molecule has 0 spiro atoms. The molecule has 1 aliphatic carbocycles. The highest BCUT2D eigenvalue weighted by Gasteiger charge is 2.32. The van der Waals surface area contributed by atoms with Crippen molar-refractivity contribution in [3.63, 3.8) is 0 Å². The molecule has 17 nitrogen and oxygen atoms in total. The summed E-state index contributed by atoms with van der Waals surface area (Å²) in [5.41, 5.74) is 16.9. The zero-order chi connectivity index (χ0) is 46.9. The number of hydrogen-bond donors (Lipinski definition) is 9. The normalized spacial score (nSPS) is 13.4. The number of alkyl carbamates (subject to hydrolysis) is 1. The summed E-state index contributed by atoms with van der Waals surface area (Å²) >= 11 is 0. The van der Waals surface area contributed by atoms with Crippen molar-refractivity contribution in [3.05, 3.63) is 121 Å². The molecule has 4 aromatic rings. The van der Waals surface area contributed by atoms with Crippen LogP contribution in [-0.4, -0.2) is 102 Å². The number of aromatic amines is 1. The second-order valence-corrected chi connectivity index (χ2v) is 16.0. The summed E-state index contributed by atoms with van der Waals surface area (Å²) in [6.07, 6.45) is 5.60. The van der Waals surface area contributed by atoms with Crippen LogP contribution in [0.2, 0.25) is 0 Å². The van der Waals surface area contributed by atoms with Crippen LogP contribution >= 0.6 is 0 Å². The van der Waals surface area contributed by atoms with E-state index in [9.17, 15) is 28.8 Å². The van der Waals surface area contributed by atoms with Crippen LogP contribution in [0.25, 0.3) is 22.0 Å². The molecule has 0 unspecified atom stereocenters. The lowest BCUT2D eigenvalue weighted by molar-refractivity contribution is -0.133. The van der Waals surface area contributed by atoms with Crippen molar-refractivity contribution in [2.45, 2.75) is 81.5 Å². The summed E-state index contributed by atoms with van der Waals surface area (Å²) in [4.78, 5) is 84.3. The monoisotopic (exact) mass is 888 g/mol. The van der Waals surface area contributed by atoms with Gasteiger partial charge in [0.05, 0.1) is 0 Å². The highest BCUT2D eigenvalue weighted by Crippen LogP contribution is 2.44. The van der Waals surface area contributed by atoms with E-state index >= 15 is 0 Å². The molecule has 6 amide bonds. The Morgan fingerprint density at radius 2 is 1.40 bits per heavy atom. The number of unbranched alkanes of at least 4 members (excludes halogenated alkanes) is 1. The Morgan fingerprint density at radius 1 is 0.785 bits per heavy atom. The molecular weight excluding hydrogens is 829 g/mol. The van der Waals surface area contributed by atoms with E-state index in [1.165, 1.54) is 11.0 Å². The van der Waals surface area contributed by atoms with Crippen molar-refractivity contribution in [2.75, 3.05) is 26.7 Å². The smallest absolute Gasteiger partial charge is 0.407 e. The maximum atomic E-state index is 14.1. The number of ether oxygens (including phenoxy) is 1. The van der Waals surface area contributed by atoms with Crippen molar-refractivity contribution < 1.29 is 33.5 Å². The van der Waals surface area contributed by atoms with E-state index < -0.39 is 53.9 Å². The highest BCUT2D eigenvalue weighted by atomic mass is 16.5. The minimum absolute atomic E-state index is 0.0241. The van der Waals surface area contributed by atoms with Gasteiger partial charge >= 0.3 is 6.09 Å². The summed E-state index contributed by atoms with van der Waals surface area (Å²) < 4.78 is 5.69. The number of hydrogen-bond acceptors (Lipinski definition) is 8. The van der Waals surface area contributed by atoms with Gasteiger partial charge in [0, 0.05) is 56.0 Å². The van der Waals surface area contributed by atoms with Crippen LogP contribution in [0.4, 0.5) is 4.79 Å². The number of guanidine groups is 1. The summed E-state index contributed by atoms with van der Waals surface area (Å²) in [5, 5.41) is 21.8. The second kappa shape index (κ2) is 23.9. The molecule has 0 bridgehead atoms. The van der Waals surface area contributed by atoms with Crippen molar-refractivity contribution in [1.29, 1.82) is 5.41 Å². The number of fused-ring (bicyclic) bond motifs is 4. The third-order valence-corrected chi connectivity index (χ3v) is 11.3. The van der Waals surface area contributed by atoms with Gasteiger partial charge in [-0.3, -0.25) is 29.4 Å². The van der Waals surface area contributed by atoms with Gasteiger partial charge in [-0.2, -0.15) is 0 Å². The predicted molar refractivity (Wildman–Crippen MR) is 249 cm³/mol. The van der Waals surface area contributed by atoms with Crippen molar-refractivity contribution in [2.24, 2.45) is 11.5 Å². The molecule has 0 radical (unpaired) electrons. The lowest BCUT2D eigenvalue weighted by Gasteiger charge is -2.25. The number of nitrogens with two attached hydrogens (primary N) is 2. The van der Waals surface area contributed by atoms with Gasteiger partial charge < -0.3 is 52.7 Å². The first-order valence-electron chi connectivity index (χ1n) is 21.7. The second-order valence-electron chi connectivity index (χ2n) is 16.0. The number of primary amides is 1. The topological polar surface area (TPSA) is 267 Å². The summed E-state index contributed by atoms with van der Waals surface area (Å²) in [6.45, 7) is 7.98. The number of rotatable bonds is 25. The molecular formula is C48H60N10O7. The molecule has 11 N–H and O–H groups in total. The van der Waals surface area contributed by atoms with Gasteiger partial charge in [0.25, 0.3) is 0 Å². The Balaban J connectivity index is 1.17. The molecule has 0 aliphatic heterocycles. The van der Waals surface area contributed by atoms with Crippen LogP contribution in [0.1, 0.15) is 67.6 Å². The van der Waals surface area contributed by atoms with E-state index in [0.717, 1.165) is 38.7 Å². The van der Waals surface area contributed by atoms with Crippen LogP contribution in [-0.2, 0) is 35.1 Å². The molecule has 0 saturated heterocycles. The first-order chi connectivity index (χ1) is 31.3. The zero-order valence-electron chi connectivity index (χ0n) is 36.7. The predicted octanol–water partition coefficient (Wildman–Crippen LogP) is 3.60. The molecule has 3 aromatic carbocycles. The molecule has 5 rings (SSSR count). The molecule has 344 valence electrons. The Hall–Kier alpha value is -7.43. The third-order valence-electron chi connectivity index (χ3n) is 11.3. The quantitative estimate of drug-likeness (QED) is 0.0203. The van der Waals surface area contributed by atoms with Gasteiger partial charge in [-0.1, -0.05) is 78.9 Å². The van der Waals surface area contributed by atoms with Gasteiger partial charge in [-0.05, 0) is 72.4 Å². The Labute approximate surface area is 378 Å². The minimum atomic E-state index is -1.14. The van der Waals surface area contributed by atoms with Crippen molar-refractivity contribution in [1.82, 2.24) is 36.5 Å². The first kappa shape index (κ1) is 48.6. The van der Waals surface area contributed by atoms with E-state index in [1.807, 2.05) is 60.7 Å². The molecule has 65 heavy (non-hydrogen) atoms. The van der Waals surface area contributed by atoms with Gasteiger partial charge in [0.1, 0.15) is 30.8 Å². The van der Waals surface area contributed by atoms with Gasteiger partial charge in [0.15, 0.2) is 5.96 Å². The number of nitrogens with one attached hydrogen (secondary N) is 7. The number of aromatic nitrogens is 1. The zero-order valence-corrected chi connectivity index (χ0v) is 36.7. The van der Waals surface area contributed by atoms with E-state index in [2.05, 4.69) is 56.9 Å². The number of amides is 6. The number of carbonyl (C=O) groups excluding carboxylic acids is 6. The molecule has 0 saturated carbocycles. The fourth-order valence-electron chi connectivity index (χ4n) is 7.93. The summed E-state index contributed by atoms with van der Waals surface area (Å²) in [5.74, 6) is -3.23. The van der Waals surface area contributed by atoms with Gasteiger partial charge in [-0.25, -0.2) is 4.79 Å². The number of nitrogens with zero attached hydrogens (tertiary/aromatic N) is 1. The van der Waals surface area contributed by atoms with E-state index in [4.69, 9.17) is 21.6 Å². The molecule has 17 heteroatoms. The minimum Gasteiger partial charge on any atom is -0.449 e. The SMILES string of the molecule is C=CC[C@H](NC(=O)[C@H](CCCNC(=N)N)NC(=O)[C@H](Cc1c[nH]c2ccccc12)NC(=O)CCCCN(C)C(=O)[C@H](CC=C)NC(=O)OCC1c2ccccc2-c2ccccc21)C(N)=O. The van der Waals surface area contributed by atoms with Crippen LogP contribution < -0.4 is 38.1 Å². The van der Waals surface area contributed by atoms with Crippen molar-refractivity contribution >= 4 is 52.5 Å². The van der Waals surface area contributed by atoms with Gasteiger partial charge in [0.2, 0.25) is 29.5 Å². The Bertz CT molecular complexity index is 2320. The fourth-order valence-corrected chi connectivity index (χ4v) is 7.93. The number of carbonyl (C=O) groups is 6. The van der Waals surface area contributed by atoms with Crippen LogP contribution in [0, 0.1) is 5.41 Å². The lowest BCUT2D eigenvalue weighted by Crippen LogP contribution is -2.56. The summed E-state index contributed by atoms with van der Waals surface area (Å²) in [6, 6.07) is 19.3. The standard InChI is InChI=1S/C48H60N10O7/c1-4-15-38(43(49)60)55-44(61)39(23-14-25-52-47(50)51)56-45(62)41(27-30-28-53-37-22-11-10-17-31(30)37)54-42(59)24-12-13-26-58(3)46(63)40(16-5-2)57-48(64)65-29-36-34-20-8-6-18-32(34)33-19-7-9-21-35(33)36/h4-11,17-22,28,36,38-41,53H,1-2,12-16,23-27,29H2,3H3,(H2,49,60)(H,54,59)(H,55,61)(H,56,62)(H,57,64)(H4,50,51,52)/t38-,39-,40-,41-/m0/s1. The van der Waals surface area contributed by atoms with Crippen LogP contribution in [0.3, 0.4) is 0 Å². The third kappa shape index (κ3) is 13.5. The van der Waals surface area contributed by atoms with E-state index in [0.29, 0.717) is 19.3 Å². The number of para-hydroxylation sites is 1. The van der Waals surface area contributed by atoms with E-state index in [-0.39, 0.29) is 69.6 Å².